The number of aromatic nitrogens is 2. The molecule has 0 bridgehead atoms. The number of aryl methyl sites for hydroxylation is 2. The van der Waals surface area contributed by atoms with Crippen LogP contribution in [-0.4, -0.2) is 21.3 Å². The Morgan fingerprint density at radius 3 is 2.62 bits per heavy atom. The van der Waals surface area contributed by atoms with Crippen molar-refractivity contribution in [1.82, 2.24) is 9.78 Å². The van der Waals surface area contributed by atoms with E-state index in [-0.39, 0.29) is 6.04 Å². The zero-order valence-electron chi connectivity index (χ0n) is 10.8. The molecule has 0 radical (unpaired) electrons. The van der Waals surface area contributed by atoms with Crippen molar-refractivity contribution in [3.05, 3.63) is 17.0 Å². The number of nitrogens with zero attached hydrogens (tertiary/aromatic N) is 2. The lowest BCUT2D eigenvalue weighted by Crippen LogP contribution is -2.11. The standard InChI is InChI=1S/C12H23N3S/c1-5-11(13)12-9(3)14-15(10(12)4)7-8-16-6-2/h11H,5-8,13H2,1-4H3. The van der Waals surface area contributed by atoms with Gasteiger partial charge in [-0.3, -0.25) is 4.68 Å². The summed E-state index contributed by atoms with van der Waals surface area (Å²) in [5.74, 6) is 2.29. The number of hydrogen-bond acceptors (Lipinski definition) is 3. The second-order valence-corrected chi connectivity index (χ2v) is 5.41. The van der Waals surface area contributed by atoms with Gasteiger partial charge in [0.25, 0.3) is 0 Å². The van der Waals surface area contributed by atoms with E-state index in [4.69, 9.17) is 5.73 Å². The van der Waals surface area contributed by atoms with Crippen LogP contribution in [0.4, 0.5) is 0 Å². The summed E-state index contributed by atoms with van der Waals surface area (Å²) in [6, 6.07) is 0.132. The summed E-state index contributed by atoms with van der Waals surface area (Å²) in [4.78, 5) is 0. The second-order valence-electron chi connectivity index (χ2n) is 4.02. The average Bonchev–Trinajstić information content (AvgIpc) is 2.54. The highest BCUT2D eigenvalue weighted by atomic mass is 32.2. The van der Waals surface area contributed by atoms with Crippen molar-refractivity contribution in [2.45, 2.75) is 46.7 Å². The van der Waals surface area contributed by atoms with Gasteiger partial charge in [-0.25, -0.2) is 0 Å². The molecule has 0 aliphatic rings. The highest BCUT2D eigenvalue weighted by Gasteiger charge is 2.16. The third kappa shape index (κ3) is 3.01. The van der Waals surface area contributed by atoms with Gasteiger partial charge < -0.3 is 5.73 Å². The van der Waals surface area contributed by atoms with Crippen molar-refractivity contribution >= 4 is 11.8 Å². The van der Waals surface area contributed by atoms with Gasteiger partial charge in [-0.1, -0.05) is 13.8 Å². The largest absolute Gasteiger partial charge is 0.324 e. The van der Waals surface area contributed by atoms with Gasteiger partial charge >= 0.3 is 0 Å². The second kappa shape index (κ2) is 6.30. The van der Waals surface area contributed by atoms with Crippen LogP contribution in [0.25, 0.3) is 0 Å². The molecule has 2 N–H and O–H groups in total. The van der Waals surface area contributed by atoms with Crippen molar-refractivity contribution < 1.29 is 0 Å². The Kier molecular flexibility index (Phi) is 5.35. The molecule has 1 heterocycles. The van der Waals surface area contributed by atoms with Gasteiger partial charge in [0.15, 0.2) is 0 Å². The van der Waals surface area contributed by atoms with Crippen LogP contribution in [-0.2, 0) is 6.54 Å². The molecule has 0 amide bonds. The highest BCUT2D eigenvalue weighted by molar-refractivity contribution is 7.99. The SMILES string of the molecule is CCSCCn1nc(C)c(C(N)CC)c1C. The predicted molar refractivity (Wildman–Crippen MR) is 71.9 cm³/mol. The number of hydrogen-bond donors (Lipinski definition) is 1. The molecule has 0 fully saturated rings. The van der Waals surface area contributed by atoms with Crippen molar-refractivity contribution in [1.29, 1.82) is 0 Å². The quantitative estimate of drug-likeness (QED) is 0.779. The summed E-state index contributed by atoms with van der Waals surface area (Å²) in [6.45, 7) is 9.47. The van der Waals surface area contributed by atoms with Crippen molar-refractivity contribution in [2.24, 2.45) is 5.73 Å². The summed E-state index contributed by atoms with van der Waals surface area (Å²) in [6.07, 6.45) is 0.969. The normalized spacial score (nSPS) is 13.1. The van der Waals surface area contributed by atoms with E-state index in [0.717, 1.165) is 24.4 Å². The van der Waals surface area contributed by atoms with Crippen LogP contribution in [0.15, 0.2) is 0 Å². The van der Waals surface area contributed by atoms with Crippen LogP contribution in [0.1, 0.15) is 43.3 Å². The number of rotatable bonds is 6. The molecular weight excluding hydrogens is 218 g/mol. The zero-order chi connectivity index (χ0) is 12.1. The molecule has 1 atom stereocenters. The predicted octanol–water partition coefficient (Wildman–Crippen LogP) is 2.66. The van der Waals surface area contributed by atoms with Gasteiger partial charge in [-0.15, -0.1) is 0 Å². The highest BCUT2D eigenvalue weighted by Crippen LogP contribution is 2.22. The van der Waals surface area contributed by atoms with Gasteiger partial charge in [-0.05, 0) is 26.0 Å². The van der Waals surface area contributed by atoms with Crippen molar-refractivity contribution in [3.63, 3.8) is 0 Å². The maximum absolute atomic E-state index is 6.11. The van der Waals surface area contributed by atoms with Crippen LogP contribution >= 0.6 is 11.8 Å². The van der Waals surface area contributed by atoms with Crippen LogP contribution in [0.5, 0.6) is 0 Å². The molecule has 0 aliphatic heterocycles. The molecule has 4 heteroatoms. The monoisotopic (exact) mass is 241 g/mol. The molecule has 0 saturated heterocycles. The van der Waals surface area contributed by atoms with Crippen molar-refractivity contribution in [3.8, 4) is 0 Å². The first-order valence-electron chi connectivity index (χ1n) is 5.99. The third-order valence-electron chi connectivity index (χ3n) is 2.90. The van der Waals surface area contributed by atoms with Gasteiger partial charge in [0.2, 0.25) is 0 Å². The molecule has 0 aromatic carbocycles. The maximum Gasteiger partial charge on any atom is 0.0644 e. The Morgan fingerprint density at radius 1 is 1.38 bits per heavy atom. The maximum atomic E-state index is 6.11. The lowest BCUT2D eigenvalue weighted by Gasteiger charge is -2.10. The molecule has 0 spiro atoms. The molecule has 92 valence electrons. The minimum atomic E-state index is 0.132. The summed E-state index contributed by atoms with van der Waals surface area (Å²) >= 11 is 1.95. The molecule has 16 heavy (non-hydrogen) atoms. The number of thioether (sulfide) groups is 1. The van der Waals surface area contributed by atoms with Crippen molar-refractivity contribution in [2.75, 3.05) is 11.5 Å². The van der Waals surface area contributed by atoms with E-state index in [9.17, 15) is 0 Å². The first-order valence-corrected chi connectivity index (χ1v) is 7.14. The summed E-state index contributed by atoms with van der Waals surface area (Å²) in [5.41, 5.74) is 9.68. The smallest absolute Gasteiger partial charge is 0.0644 e. The topological polar surface area (TPSA) is 43.8 Å². The van der Waals surface area contributed by atoms with Crippen LogP contribution in [0, 0.1) is 13.8 Å². The summed E-state index contributed by atoms with van der Waals surface area (Å²) < 4.78 is 2.10. The minimum Gasteiger partial charge on any atom is -0.324 e. The molecule has 1 unspecified atom stereocenters. The van der Waals surface area contributed by atoms with E-state index in [1.807, 2.05) is 11.8 Å². The Labute approximate surface area is 103 Å². The Balaban J connectivity index is 2.80. The molecule has 1 rings (SSSR count). The van der Waals surface area contributed by atoms with E-state index in [2.05, 4.69) is 37.5 Å². The summed E-state index contributed by atoms with van der Waals surface area (Å²) in [7, 11) is 0. The molecule has 1 aromatic rings. The van der Waals surface area contributed by atoms with E-state index in [1.54, 1.807) is 0 Å². The third-order valence-corrected chi connectivity index (χ3v) is 3.78. The lowest BCUT2D eigenvalue weighted by atomic mass is 10.0. The molecule has 3 nitrogen and oxygen atoms in total. The van der Waals surface area contributed by atoms with E-state index in [0.29, 0.717) is 0 Å². The van der Waals surface area contributed by atoms with Crippen LogP contribution < -0.4 is 5.73 Å². The van der Waals surface area contributed by atoms with Gasteiger partial charge in [0.05, 0.1) is 12.2 Å². The van der Waals surface area contributed by atoms with E-state index >= 15 is 0 Å². The fourth-order valence-electron chi connectivity index (χ4n) is 1.96. The molecule has 0 saturated carbocycles. The fourth-order valence-corrected chi connectivity index (χ4v) is 2.56. The Bertz CT molecular complexity index is 333. The Morgan fingerprint density at radius 2 is 2.06 bits per heavy atom. The van der Waals surface area contributed by atoms with Gasteiger partial charge in [-0.2, -0.15) is 16.9 Å². The molecule has 0 aliphatic carbocycles. The minimum absolute atomic E-state index is 0.132. The first-order chi connectivity index (χ1) is 7.61. The average molecular weight is 241 g/mol. The van der Waals surface area contributed by atoms with E-state index in [1.165, 1.54) is 17.0 Å². The molecule has 1 aromatic heterocycles. The Hall–Kier alpha value is -0.480. The number of nitrogens with two attached hydrogens (primary N) is 1. The molecular formula is C12H23N3S. The van der Waals surface area contributed by atoms with Gasteiger partial charge in [0, 0.05) is 23.1 Å². The fraction of sp³-hybridized carbons (Fsp3) is 0.750. The first kappa shape index (κ1) is 13.6. The lowest BCUT2D eigenvalue weighted by molar-refractivity contribution is 0.634. The zero-order valence-corrected chi connectivity index (χ0v) is 11.6. The summed E-state index contributed by atoms with van der Waals surface area (Å²) in [5, 5.41) is 4.57. The van der Waals surface area contributed by atoms with Crippen LogP contribution in [0.2, 0.25) is 0 Å². The van der Waals surface area contributed by atoms with Crippen LogP contribution in [0.3, 0.4) is 0 Å². The van der Waals surface area contributed by atoms with Gasteiger partial charge in [0.1, 0.15) is 0 Å². The van der Waals surface area contributed by atoms with E-state index < -0.39 is 0 Å².